The highest BCUT2D eigenvalue weighted by molar-refractivity contribution is 7.89. The van der Waals surface area contributed by atoms with Crippen LogP contribution in [0.3, 0.4) is 0 Å². The van der Waals surface area contributed by atoms with Crippen molar-refractivity contribution < 1.29 is 26.7 Å². The second-order valence-electron chi connectivity index (χ2n) is 4.92. The van der Waals surface area contributed by atoms with Crippen molar-refractivity contribution in [2.75, 3.05) is 19.8 Å². The van der Waals surface area contributed by atoms with Gasteiger partial charge in [0.05, 0.1) is 13.2 Å². The van der Waals surface area contributed by atoms with Gasteiger partial charge in [0.2, 0.25) is 10.0 Å². The number of rotatable bonds is 7. The smallest absolute Gasteiger partial charge is 0.245 e. The lowest BCUT2D eigenvalue weighted by atomic mass is 10.3. The van der Waals surface area contributed by atoms with Crippen molar-refractivity contribution in [3.8, 4) is 23.3 Å². The first-order valence-corrected chi connectivity index (χ1v) is 9.17. The summed E-state index contributed by atoms with van der Waals surface area (Å²) in [6.07, 6.45) is 0. The topological polar surface area (TPSA) is 64.6 Å². The van der Waals surface area contributed by atoms with E-state index in [9.17, 15) is 17.2 Å². The molecule has 0 saturated heterocycles. The number of para-hydroxylation sites is 1. The number of benzene rings is 2. The molecular formula is C18H17F2NO4S. The van der Waals surface area contributed by atoms with E-state index >= 15 is 0 Å². The van der Waals surface area contributed by atoms with Crippen LogP contribution < -0.4 is 14.2 Å². The van der Waals surface area contributed by atoms with Crippen molar-refractivity contribution in [3.63, 3.8) is 0 Å². The molecule has 2 rings (SSSR count). The standard InChI is InChI=1S/C18H17F2NO4S/c1-2-24-17-7-3-4-8-18(17)26(22,23)21-11-5-6-12-25-16-10-9-14(19)13-15(16)20/h3-4,7-10,13,21H,2,11-12H2,1H3. The summed E-state index contributed by atoms with van der Waals surface area (Å²) in [7, 11) is -3.78. The molecule has 0 heterocycles. The summed E-state index contributed by atoms with van der Waals surface area (Å²) in [5.74, 6) is 3.69. The van der Waals surface area contributed by atoms with Crippen LogP contribution in [0.4, 0.5) is 8.78 Å². The van der Waals surface area contributed by atoms with Crippen LogP contribution in [0, 0.1) is 23.5 Å². The normalized spacial score (nSPS) is 10.7. The van der Waals surface area contributed by atoms with Gasteiger partial charge in [0.25, 0.3) is 0 Å². The van der Waals surface area contributed by atoms with E-state index < -0.39 is 21.7 Å². The van der Waals surface area contributed by atoms with Gasteiger partial charge in [0.15, 0.2) is 11.6 Å². The van der Waals surface area contributed by atoms with Crippen LogP contribution in [0.25, 0.3) is 0 Å². The molecule has 0 saturated carbocycles. The first-order valence-electron chi connectivity index (χ1n) is 7.69. The predicted molar refractivity (Wildman–Crippen MR) is 92.4 cm³/mol. The van der Waals surface area contributed by atoms with Gasteiger partial charge in [-0.05, 0) is 31.2 Å². The van der Waals surface area contributed by atoms with Gasteiger partial charge in [0.1, 0.15) is 23.1 Å². The van der Waals surface area contributed by atoms with E-state index in [0.29, 0.717) is 12.7 Å². The van der Waals surface area contributed by atoms with Crippen LogP contribution in [-0.4, -0.2) is 28.2 Å². The van der Waals surface area contributed by atoms with Crippen LogP contribution in [-0.2, 0) is 10.0 Å². The lowest BCUT2D eigenvalue weighted by molar-refractivity contribution is 0.331. The van der Waals surface area contributed by atoms with Gasteiger partial charge in [-0.1, -0.05) is 24.0 Å². The van der Waals surface area contributed by atoms with E-state index in [1.807, 2.05) is 0 Å². The van der Waals surface area contributed by atoms with Crippen molar-refractivity contribution in [1.29, 1.82) is 0 Å². The molecule has 0 aromatic heterocycles. The van der Waals surface area contributed by atoms with Gasteiger partial charge < -0.3 is 9.47 Å². The quantitative estimate of drug-likeness (QED) is 0.749. The Morgan fingerprint density at radius 3 is 2.54 bits per heavy atom. The Morgan fingerprint density at radius 2 is 1.81 bits per heavy atom. The second kappa shape index (κ2) is 9.17. The van der Waals surface area contributed by atoms with E-state index in [2.05, 4.69) is 16.6 Å². The molecule has 0 radical (unpaired) electrons. The van der Waals surface area contributed by atoms with Crippen molar-refractivity contribution in [1.82, 2.24) is 4.72 Å². The fourth-order valence-corrected chi connectivity index (χ4v) is 3.04. The maximum atomic E-state index is 13.4. The van der Waals surface area contributed by atoms with Gasteiger partial charge in [0, 0.05) is 6.07 Å². The average molecular weight is 381 g/mol. The minimum atomic E-state index is -3.78. The van der Waals surface area contributed by atoms with Gasteiger partial charge >= 0.3 is 0 Å². The second-order valence-corrected chi connectivity index (χ2v) is 6.66. The number of hydrogen-bond acceptors (Lipinski definition) is 4. The molecule has 138 valence electrons. The third kappa shape index (κ3) is 5.44. The molecule has 0 aliphatic carbocycles. The average Bonchev–Trinajstić information content (AvgIpc) is 2.60. The molecular weight excluding hydrogens is 364 g/mol. The molecule has 2 aromatic carbocycles. The first-order chi connectivity index (χ1) is 12.4. The van der Waals surface area contributed by atoms with Crippen LogP contribution in [0.1, 0.15) is 6.92 Å². The Balaban J connectivity index is 1.90. The fraction of sp³-hybridized carbons (Fsp3) is 0.222. The third-order valence-corrected chi connectivity index (χ3v) is 4.55. The highest BCUT2D eigenvalue weighted by Gasteiger charge is 2.18. The minimum absolute atomic E-state index is 0.0216. The first kappa shape index (κ1) is 19.7. The van der Waals surface area contributed by atoms with Crippen LogP contribution >= 0.6 is 0 Å². The van der Waals surface area contributed by atoms with Crippen molar-refractivity contribution in [2.24, 2.45) is 0 Å². The number of nitrogens with one attached hydrogen (secondary N) is 1. The Bertz CT molecular complexity index is 920. The number of sulfonamides is 1. The van der Waals surface area contributed by atoms with Crippen LogP contribution in [0.5, 0.6) is 11.5 Å². The molecule has 26 heavy (non-hydrogen) atoms. The van der Waals surface area contributed by atoms with E-state index in [0.717, 1.165) is 12.1 Å². The van der Waals surface area contributed by atoms with E-state index in [4.69, 9.17) is 9.47 Å². The molecule has 0 atom stereocenters. The molecule has 0 bridgehead atoms. The maximum absolute atomic E-state index is 13.4. The summed E-state index contributed by atoms with van der Waals surface area (Å²) >= 11 is 0. The summed E-state index contributed by atoms with van der Waals surface area (Å²) in [6, 6.07) is 9.18. The Morgan fingerprint density at radius 1 is 1.04 bits per heavy atom. The van der Waals surface area contributed by atoms with Crippen molar-refractivity contribution in [2.45, 2.75) is 11.8 Å². The third-order valence-electron chi connectivity index (χ3n) is 3.11. The van der Waals surface area contributed by atoms with Gasteiger partial charge in [-0.25, -0.2) is 17.2 Å². The largest absolute Gasteiger partial charge is 0.492 e. The highest BCUT2D eigenvalue weighted by atomic mass is 32.2. The van der Waals surface area contributed by atoms with E-state index in [-0.39, 0.29) is 29.5 Å². The van der Waals surface area contributed by atoms with Crippen LogP contribution in [0.15, 0.2) is 47.4 Å². The molecule has 2 aromatic rings. The fourth-order valence-electron chi connectivity index (χ4n) is 1.98. The summed E-state index contributed by atoms with van der Waals surface area (Å²) in [5.41, 5.74) is 0. The monoisotopic (exact) mass is 381 g/mol. The Kier molecular flexibility index (Phi) is 6.95. The lowest BCUT2D eigenvalue weighted by Crippen LogP contribution is -2.24. The number of ether oxygens (including phenoxy) is 2. The zero-order valence-electron chi connectivity index (χ0n) is 14.0. The van der Waals surface area contributed by atoms with Gasteiger partial charge in [-0.15, -0.1) is 0 Å². The van der Waals surface area contributed by atoms with Crippen molar-refractivity contribution >= 4 is 10.0 Å². The molecule has 0 fully saturated rings. The molecule has 1 N–H and O–H groups in total. The molecule has 0 amide bonds. The molecule has 8 heteroatoms. The number of hydrogen-bond donors (Lipinski definition) is 1. The molecule has 0 aliphatic rings. The van der Waals surface area contributed by atoms with Gasteiger partial charge in [-0.3, -0.25) is 0 Å². The van der Waals surface area contributed by atoms with Crippen LogP contribution in [0.2, 0.25) is 0 Å². The molecule has 0 unspecified atom stereocenters. The Labute approximate surface area is 151 Å². The zero-order valence-corrected chi connectivity index (χ0v) is 14.8. The lowest BCUT2D eigenvalue weighted by Gasteiger charge is -2.10. The molecule has 0 aliphatic heterocycles. The molecule has 5 nitrogen and oxygen atoms in total. The van der Waals surface area contributed by atoms with Crippen molar-refractivity contribution in [3.05, 3.63) is 54.1 Å². The van der Waals surface area contributed by atoms with Gasteiger partial charge in [-0.2, -0.15) is 4.72 Å². The van der Waals surface area contributed by atoms with E-state index in [1.165, 1.54) is 6.07 Å². The summed E-state index contributed by atoms with van der Waals surface area (Å²) in [6.45, 7) is 1.77. The number of halogens is 2. The minimum Gasteiger partial charge on any atom is -0.492 e. The summed E-state index contributed by atoms with van der Waals surface area (Å²) < 4.78 is 63.4. The highest BCUT2D eigenvalue weighted by Crippen LogP contribution is 2.22. The predicted octanol–water partition coefficient (Wildman–Crippen LogP) is 2.72. The summed E-state index contributed by atoms with van der Waals surface area (Å²) in [5, 5.41) is 0. The maximum Gasteiger partial charge on any atom is 0.245 e. The Hall–Kier alpha value is -2.63. The molecule has 0 spiro atoms. The SMILES string of the molecule is CCOc1ccccc1S(=O)(=O)NCC#CCOc1ccc(F)cc1F. The summed E-state index contributed by atoms with van der Waals surface area (Å²) in [4.78, 5) is 0.0216. The van der Waals surface area contributed by atoms with E-state index in [1.54, 1.807) is 25.1 Å². The zero-order chi connectivity index (χ0) is 19.0.